The number of hydrogen-bond acceptors (Lipinski definition) is 4. The summed E-state index contributed by atoms with van der Waals surface area (Å²) in [7, 11) is 0. The minimum atomic E-state index is -0.689. The topological polar surface area (TPSA) is 78.5 Å². The van der Waals surface area contributed by atoms with Crippen LogP contribution in [0.25, 0.3) is 0 Å². The molecule has 7 heteroatoms. The van der Waals surface area contributed by atoms with E-state index in [0.717, 1.165) is 25.8 Å². The average Bonchev–Trinajstić information content (AvgIpc) is 2.65. The number of likely N-dealkylation sites (tertiary alicyclic amines) is 1. The molecule has 114 valence electrons. The summed E-state index contributed by atoms with van der Waals surface area (Å²) >= 11 is 0. The molecule has 0 spiro atoms. The normalized spacial score (nSPS) is 26.6. The first-order chi connectivity index (χ1) is 9.00. The molecule has 2 saturated heterocycles. The lowest BCUT2D eigenvalue weighted by molar-refractivity contribution is -0.141. The van der Waals surface area contributed by atoms with Gasteiger partial charge in [-0.3, -0.25) is 19.3 Å². The molecule has 6 nitrogen and oxygen atoms in total. The van der Waals surface area contributed by atoms with Crippen LogP contribution in [-0.4, -0.2) is 47.3 Å². The van der Waals surface area contributed by atoms with Gasteiger partial charge in [0.05, 0.1) is 12.5 Å². The van der Waals surface area contributed by atoms with Gasteiger partial charge in [0.15, 0.2) is 0 Å². The first-order valence-electron chi connectivity index (χ1n) is 6.90. The van der Waals surface area contributed by atoms with E-state index in [1.54, 1.807) is 13.8 Å². The van der Waals surface area contributed by atoms with Crippen LogP contribution in [0.15, 0.2) is 0 Å². The summed E-state index contributed by atoms with van der Waals surface area (Å²) in [6, 6.07) is -1.08. The van der Waals surface area contributed by atoms with E-state index in [4.69, 9.17) is 0 Å². The number of imide groups is 1. The van der Waals surface area contributed by atoms with E-state index in [1.807, 2.05) is 0 Å². The summed E-state index contributed by atoms with van der Waals surface area (Å²) in [5, 5.41) is 5.83. The number of piperidine rings is 1. The molecule has 0 bridgehead atoms. The Hall–Kier alpha value is -1.14. The summed E-state index contributed by atoms with van der Waals surface area (Å²) in [5.74, 6) is -0.664. The largest absolute Gasteiger partial charge is 0.342 e. The summed E-state index contributed by atoms with van der Waals surface area (Å²) in [5.41, 5.74) is 0. The summed E-state index contributed by atoms with van der Waals surface area (Å²) in [6.45, 7) is 4.42. The fraction of sp³-hybridized carbons (Fsp3) is 0.769. The maximum atomic E-state index is 12.0. The van der Waals surface area contributed by atoms with Crippen molar-refractivity contribution in [3.8, 4) is 0 Å². The van der Waals surface area contributed by atoms with Crippen molar-refractivity contribution in [2.24, 2.45) is 0 Å². The summed E-state index contributed by atoms with van der Waals surface area (Å²) < 4.78 is 0. The van der Waals surface area contributed by atoms with Crippen molar-refractivity contribution in [3.63, 3.8) is 0 Å². The Morgan fingerprint density at radius 3 is 2.55 bits per heavy atom. The first-order valence-corrected chi connectivity index (χ1v) is 6.90. The molecule has 2 atom stereocenters. The van der Waals surface area contributed by atoms with E-state index in [1.165, 1.54) is 4.90 Å². The molecule has 0 aromatic heterocycles. The molecule has 0 aromatic carbocycles. The average molecular weight is 304 g/mol. The lowest BCUT2D eigenvalue weighted by Gasteiger charge is -2.24. The number of nitrogens with zero attached hydrogens (tertiary/aromatic N) is 1. The van der Waals surface area contributed by atoms with Gasteiger partial charge in [0.25, 0.3) is 5.91 Å². The van der Waals surface area contributed by atoms with Crippen LogP contribution in [-0.2, 0) is 14.4 Å². The lowest BCUT2D eigenvalue weighted by atomic mass is 10.0. The highest BCUT2D eigenvalue weighted by molar-refractivity contribution is 6.07. The molecular formula is C13H22ClN3O3. The molecule has 0 aromatic rings. The van der Waals surface area contributed by atoms with Crippen LogP contribution in [0.3, 0.4) is 0 Å². The SMILES string of the molecule is CC(C)N1C(=O)CC(NC(=O)C2CCCCN2)C1=O.Cl. The van der Waals surface area contributed by atoms with Crippen molar-refractivity contribution in [2.45, 2.75) is 57.7 Å². The Labute approximate surface area is 125 Å². The van der Waals surface area contributed by atoms with E-state index in [0.29, 0.717) is 0 Å². The molecule has 2 fully saturated rings. The second-order valence-electron chi connectivity index (χ2n) is 5.46. The van der Waals surface area contributed by atoms with Gasteiger partial charge in [-0.25, -0.2) is 0 Å². The molecule has 2 aliphatic rings. The Morgan fingerprint density at radius 2 is 2.05 bits per heavy atom. The van der Waals surface area contributed by atoms with E-state index >= 15 is 0 Å². The van der Waals surface area contributed by atoms with Crippen LogP contribution in [0.5, 0.6) is 0 Å². The van der Waals surface area contributed by atoms with Gasteiger partial charge in [-0.2, -0.15) is 0 Å². The van der Waals surface area contributed by atoms with Gasteiger partial charge >= 0.3 is 0 Å². The van der Waals surface area contributed by atoms with Crippen molar-refractivity contribution in [2.75, 3.05) is 6.54 Å². The van der Waals surface area contributed by atoms with E-state index in [2.05, 4.69) is 10.6 Å². The van der Waals surface area contributed by atoms with Gasteiger partial charge in [0, 0.05) is 6.04 Å². The summed E-state index contributed by atoms with van der Waals surface area (Å²) in [4.78, 5) is 37.0. The Bertz CT molecular complexity index is 394. The van der Waals surface area contributed by atoms with Gasteiger partial charge in [-0.15, -0.1) is 12.4 Å². The highest BCUT2D eigenvalue weighted by atomic mass is 35.5. The standard InChI is InChI=1S/C13H21N3O3.ClH/c1-8(2)16-11(17)7-10(13(16)19)15-12(18)9-5-3-4-6-14-9;/h8-10,14H,3-7H2,1-2H3,(H,15,18);1H. The molecule has 2 aliphatic heterocycles. The summed E-state index contributed by atoms with van der Waals surface area (Å²) in [6.07, 6.45) is 2.95. The van der Waals surface area contributed by atoms with E-state index in [-0.39, 0.29) is 48.6 Å². The fourth-order valence-electron chi connectivity index (χ4n) is 2.65. The third-order valence-electron chi connectivity index (χ3n) is 3.64. The quantitative estimate of drug-likeness (QED) is 0.730. The predicted octanol–water partition coefficient (Wildman–Crippen LogP) is 0.202. The smallest absolute Gasteiger partial charge is 0.252 e. The zero-order valence-corrected chi connectivity index (χ0v) is 12.7. The second-order valence-corrected chi connectivity index (χ2v) is 5.46. The number of rotatable bonds is 3. The monoisotopic (exact) mass is 303 g/mol. The molecule has 2 heterocycles. The van der Waals surface area contributed by atoms with Crippen LogP contribution >= 0.6 is 12.4 Å². The maximum Gasteiger partial charge on any atom is 0.252 e. The Kier molecular flexibility index (Phi) is 5.95. The number of hydrogen-bond donors (Lipinski definition) is 2. The van der Waals surface area contributed by atoms with Crippen molar-refractivity contribution in [3.05, 3.63) is 0 Å². The van der Waals surface area contributed by atoms with Crippen LogP contribution in [0, 0.1) is 0 Å². The minimum absolute atomic E-state index is 0. The third-order valence-corrected chi connectivity index (χ3v) is 3.64. The molecule has 2 rings (SSSR count). The number of carbonyl (C=O) groups is 3. The zero-order valence-electron chi connectivity index (χ0n) is 11.8. The molecule has 2 unspecified atom stereocenters. The molecule has 2 N–H and O–H groups in total. The molecule has 0 radical (unpaired) electrons. The number of amides is 3. The van der Waals surface area contributed by atoms with Crippen LogP contribution in [0.2, 0.25) is 0 Å². The number of halogens is 1. The van der Waals surface area contributed by atoms with Gasteiger partial charge in [0.2, 0.25) is 11.8 Å². The molecular weight excluding hydrogens is 282 g/mol. The molecule has 0 aliphatic carbocycles. The van der Waals surface area contributed by atoms with Crippen LogP contribution < -0.4 is 10.6 Å². The molecule has 0 saturated carbocycles. The maximum absolute atomic E-state index is 12.0. The van der Waals surface area contributed by atoms with Gasteiger partial charge < -0.3 is 10.6 Å². The van der Waals surface area contributed by atoms with Crippen molar-refractivity contribution in [1.82, 2.24) is 15.5 Å². The van der Waals surface area contributed by atoms with Crippen molar-refractivity contribution >= 4 is 30.1 Å². The van der Waals surface area contributed by atoms with Crippen molar-refractivity contribution in [1.29, 1.82) is 0 Å². The van der Waals surface area contributed by atoms with Gasteiger partial charge in [0.1, 0.15) is 6.04 Å². The Morgan fingerprint density at radius 1 is 1.35 bits per heavy atom. The lowest BCUT2D eigenvalue weighted by Crippen LogP contribution is -2.51. The van der Waals surface area contributed by atoms with Crippen LogP contribution in [0.1, 0.15) is 39.5 Å². The zero-order chi connectivity index (χ0) is 14.0. The third kappa shape index (κ3) is 3.49. The predicted molar refractivity (Wildman–Crippen MR) is 76.4 cm³/mol. The van der Waals surface area contributed by atoms with Crippen LogP contribution in [0.4, 0.5) is 0 Å². The number of carbonyl (C=O) groups excluding carboxylic acids is 3. The number of nitrogens with one attached hydrogen (secondary N) is 2. The van der Waals surface area contributed by atoms with E-state index in [9.17, 15) is 14.4 Å². The molecule has 3 amide bonds. The highest BCUT2D eigenvalue weighted by Gasteiger charge is 2.41. The Balaban J connectivity index is 0.00000200. The first kappa shape index (κ1) is 16.9. The minimum Gasteiger partial charge on any atom is -0.342 e. The van der Waals surface area contributed by atoms with E-state index < -0.39 is 6.04 Å². The van der Waals surface area contributed by atoms with Gasteiger partial charge in [-0.1, -0.05) is 6.42 Å². The second kappa shape index (κ2) is 7.04. The fourth-order valence-corrected chi connectivity index (χ4v) is 2.65. The molecule has 20 heavy (non-hydrogen) atoms. The highest BCUT2D eigenvalue weighted by Crippen LogP contribution is 2.17. The van der Waals surface area contributed by atoms with Crippen molar-refractivity contribution < 1.29 is 14.4 Å². The van der Waals surface area contributed by atoms with Gasteiger partial charge in [-0.05, 0) is 33.2 Å².